The van der Waals surface area contributed by atoms with Crippen molar-refractivity contribution in [2.75, 3.05) is 19.6 Å². The highest BCUT2D eigenvalue weighted by molar-refractivity contribution is 9.10. The fourth-order valence-corrected chi connectivity index (χ4v) is 3.75. The van der Waals surface area contributed by atoms with E-state index >= 15 is 0 Å². The van der Waals surface area contributed by atoms with Gasteiger partial charge in [-0.3, -0.25) is 4.79 Å². The summed E-state index contributed by atoms with van der Waals surface area (Å²) in [5.41, 5.74) is 1.98. The number of halogens is 1. The second kappa shape index (κ2) is 6.49. The van der Waals surface area contributed by atoms with Gasteiger partial charge in [0.1, 0.15) is 0 Å². The van der Waals surface area contributed by atoms with E-state index in [2.05, 4.69) is 26.1 Å². The van der Waals surface area contributed by atoms with Crippen molar-refractivity contribution in [3.05, 3.63) is 33.8 Å². The van der Waals surface area contributed by atoms with E-state index in [0.29, 0.717) is 12.0 Å². The van der Waals surface area contributed by atoms with Crippen LogP contribution in [0.4, 0.5) is 0 Å². The summed E-state index contributed by atoms with van der Waals surface area (Å²) >= 11 is 3.55. The first-order valence-electron chi connectivity index (χ1n) is 7.93. The average Bonchev–Trinajstić information content (AvgIpc) is 3.30. The van der Waals surface area contributed by atoms with Crippen LogP contribution in [-0.4, -0.2) is 36.5 Å². The molecule has 1 unspecified atom stereocenters. The highest BCUT2D eigenvalue weighted by Gasteiger charge is 2.35. The predicted molar refractivity (Wildman–Crippen MR) is 88.5 cm³/mol. The van der Waals surface area contributed by atoms with E-state index in [1.165, 1.54) is 18.4 Å². The van der Waals surface area contributed by atoms with E-state index < -0.39 is 0 Å². The van der Waals surface area contributed by atoms with Crippen LogP contribution in [0.25, 0.3) is 0 Å². The Kier molecular flexibility index (Phi) is 4.65. The van der Waals surface area contributed by atoms with Crippen LogP contribution in [0, 0.1) is 12.8 Å². The van der Waals surface area contributed by atoms with Crippen molar-refractivity contribution in [2.24, 2.45) is 5.92 Å². The molecule has 0 bridgehead atoms. The minimum atomic E-state index is 0.190. The molecule has 0 aromatic heterocycles. The Hall–Kier alpha value is -0.870. The fourth-order valence-electron chi connectivity index (χ4n) is 3.09. The monoisotopic (exact) mass is 350 g/mol. The van der Waals surface area contributed by atoms with Gasteiger partial charge >= 0.3 is 0 Å². The van der Waals surface area contributed by atoms with Crippen molar-refractivity contribution in [3.63, 3.8) is 0 Å². The number of aryl methyl sites for hydroxylation is 1. The normalized spacial score (nSPS) is 22.1. The zero-order chi connectivity index (χ0) is 14.8. The first kappa shape index (κ1) is 15.0. The Morgan fingerprint density at radius 3 is 2.81 bits per heavy atom. The molecule has 114 valence electrons. The molecule has 1 atom stereocenters. The number of nitrogens with zero attached hydrogens (tertiary/aromatic N) is 1. The van der Waals surface area contributed by atoms with Gasteiger partial charge in [-0.15, -0.1) is 0 Å². The van der Waals surface area contributed by atoms with Crippen LogP contribution in [0.1, 0.15) is 41.6 Å². The summed E-state index contributed by atoms with van der Waals surface area (Å²) in [7, 11) is 0. The maximum atomic E-state index is 12.9. The molecule has 1 aliphatic carbocycles. The number of piperidine rings is 1. The molecule has 4 heteroatoms. The van der Waals surface area contributed by atoms with E-state index in [1.807, 2.05) is 25.1 Å². The fraction of sp³-hybridized carbons (Fsp3) is 0.588. The molecule has 1 aromatic carbocycles. The van der Waals surface area contributed by atoms with E-state index in [4.69, 9.17) is 0 Å². The van der Waals surface area contributed by atoms with Gasteiger partial charge in [0.05, 0.1) is 5.56 Å². The van der Waals surface area contributed by atoms with Crippen molar-refractivity contribution in [1.29, 1.82) is 0 Å². The van der Waals surface area contributed by atoms with Gasteiger partial charge in [0.25, 0.3) is 5.91 Å². The number of carbonyl (C=O) groups excluding carboxylic acids is 1. The van der Waals surface area contributed by atoms with Gasteiger partial charge < -0.3 is 10.2 Å². The number of carbonyl (C=O) groups is 1. The van der Waals surface area contributed by atoms with Crippen LogP contribution in [0.5, 0.6) is 0 Å². The molecule has 1 amide bonds. The smallest absolute Gasteiger partial charge is 0.255 e. The Labute approximate surface area is 135 Å². The number of hydrogen-bond acceptors (Lipinski definition) is 2. The third-order valence-electron chi connectivity index (χ3n) is 4.46. The molecule has 1 aromatic rings. The number of hydrogen-bond donors (Lipinski definition) is 1. The SMILES string of the molecule is Cc1ccc(C(=O)N(CC2CCCNC2)C2CC2)c(Br)c1. The second-order valence-corrected chi connectivity index (χ2v) is 7.24. The predicted octanol–water partition coefficient (Wildman–Crippen LogP) is 3.36. The van der Waals surface area contributed by atoms with Gasteiger partial charge in [-0.25, -0.2) is 0 Å². The summed E-state index contributed by atoms with van der Waals surface area (Å²) in [6.07, 6.45) is 4.79. The minimum Gasteiger partial charge on any atom is -0.335 e. The van der Waals surface area contributed by atoms with Crippen LogP contribution in [-0.2, 0) is 0 Å². The van der Waals surface area contributed by atoms with Gasteiger partial charge in [-0.05, 0) is 85.2 Å². The number of benzene rings is 1. The van der Waals surface area contributed by atoms with Crippen molar-refractivity contribution in [3.8, 4) is 0 Å². The van der Waals surface area contributed by atoms with E-state index in [-0.39, 0.29) is 5.91 Å². The first-order chi connectivity index (χ1) is 10.1. The Morgan fingerprint density at radius 2 is 2.19 bits per heavy atom. The number of rotatable bonds is 4. The maximum Gasteiger partial charge on any atom is 0.255 e. The molecule has 2 fully saturated rings. The summed E-state index contributed by atoms with van der Waals surface area (Å²) in [6.45, 7) is 5.12. The largest absolute Gasteiger partial charge is 0.335 e. The lowest BCUT2D eigenvalue weighted by Gasteiger charge is -2.30. The van der Waals surface area contributed by atoms with Gasteiger partial charge in [0.15, 0.2) is 0 Å². The van der Waals surface area contributed by atoms with E-state index in [9.17, 15) is 4.79 Å². The molecule has 1 saturated heterocycles. The van der Waals surface area contributed by atoms with Crippen LogP contribution in [0.3, 0.4) is 0 Å². The lowest BCUT2D eigenvalue weighted by atomic mass is 9.98. The third-order valence-corrected chi connectivity index (χ3v) is 5.11. The van der Waals surface area contributed by atoms with Gasteiger partial charge in [0.2, 0.25) is 0 Å². The Morgan fingerprint density at radius 1 is 1.38 bits per heavy atom. The van der Waals surface area contributed by atoms with Crippen LogP contribution >= 0.6 is 15.9 Å². The Bertz CT molecular complexity index is 522. The molecule has 1 saturated carbocycles. The molecule has 2 aliphatic rings. The average molecular weight is 351 g/mol. The summed E-state index contributed by atoms with van der Waals surface area (Å²) in [6, 6.07) is 6.47. The summed E-state index contributed by atoms with van der Waals surface area (Å²) in [4.78, 5) is 15.0. The van der Waals surface area contributed by atoms with Crippen molar-refractivity contribution in [1.82, 2.24) is 10.2 Å². The van der Waals surface area contributed by atoms with Gasteiger partial charge in [-0.2, -0.15) is 0 Å². The molecule has 3 rings (SSSR count). The molecular weight excluding hydrogens is 328 g/mol. The van der Waals surface area contributed by atoms with Crippen LogP contribution in [0.2, 0.25) is 0 Å². The number of nitrogens with one attached hydrogen (secondary N) is 1. The highest BCUT2D eigenvalue weighted by atomic mass is 79.9. The molecular formula is C17H23BrN2O. The van der Waals surface area contributed by atoms with Crippen LogP contribution < -0.4 is 5.32 Å². The van der Waals surface area contributed by atoms with Crippen LogP contribution in [0.15, 0.2) is 22.7 Å². The summed E-state index contributed by atoms with van der Waals surface area (Å²) in [5, 5.41) is 3.45. The minimum absolute atomic E-state index is 0.190. The van der Waals surface area contributed by atoms with E-state index in [1.54, 1.807) is 0 Å². The summed E-state index contributed by atoms with van der Waals surface area (Å²) in [5.74, 6) is 0.794. The van der Waals surface area contributed by atoms with Crippen molar-refractivity contribution in [2.45, 2.75) is 38.6 Å². The molecule has 0 spiro atoms. The molecule has 1 N–H and O–H groups in total. The summed E-state index contributed by atoms with van der Waals surface area (Å²) < 4.78 is 0.917. The maximum absolute atomic E-state index is 12.9. The molecule has 1 aliphatic heterocycles. The third kappa shape index (κ3) is 3.67. The van der Waals surface area contributed by atoms with Crippen molar-refractivity contribution >= 4 is 21.8 Å². The molecule has 0 radical (unpaired) electrons. The zero-order valence-electron chi connectivity index (χ0n) is 12.6. The molecule has 21 heavy (non-hydrogen) atoms. The lowest BCUT2D eigenvalue weighted by molar-refractivity contribution is 0.0703. The van der Waals surface area contributed by atoms with Crippen molar-refractivity contribution < 1.29 is 4.79 Å². The topological polar surface area (TPSA) is 32.3 Å². The molecule has 1 heterocycles. The standard InChI is InChI=1S/C17H23BrN2O/c1-12-4-7-15(16(18)9-12)17(21)20(14-5-6-14)11-13-3-2-8-19-10-13/h4,7,9,13-14,19H,2-3,5-6,8,10-11H2,1H3. The first-order valence-corrected chi connectivity index (χ1v) is 8.72. The quantitative estimate of drug-likeness (QED) is 0.902. The second-order valence-electron chi connectivity index (χ2n) is 6.38. The zero-order valence-corrected chi connectivity index (χ0v) is 14.2. The van der Waals surface area contributed by atoms with Gasteiger partial charge in [0, 0.05) is 17.1 Å². The Balaban J connectivity index is 1.75. The lowest BCUT2D eigenvalue weighted by Crippen LogP contribution is -2.42. The van der Waals surface area contributed by atoms with E-state index in [0.717, 1.165) is 42.5 Å². The van der Waals surface area contributed by atoms with Gasteiger partial charge in [-0.1, -0.05) is 6.07 Å². The highest BCUT2D eigenvalue weighted by Crippen LogP contribution is 2.31. The molecule has 3 nitrogen and oxygen atoms in total. The number of amides is 1.